The first-order valence-corrected chi connectivity index (χ1v) is 7.68. The van der Waals surface area contributed by atoms with Gasteiger partial charge in [0.1, 0.15) is 0 Å². The Kier molecular flexibility index (Phi) is 4.80. The fourth-order valence-corrected chi connectivity index (χ4v) is 2.18. The van der Waals surface area contributed by atoms with Crippen LogP contribution in [0.25, 0.3) is 0 Å². The van der Waals surface area contributed by atoms with Gasteiger partial charge in [0.15, 0.2) is 5.78 Å². The minimum absolute atomic E-state index is 0.0595. The number of ketones is 1. The van der Waals surface area contributed by atoms with Crippen LogP contribution in [0, 0.1) is 0 Å². The predicted molar refractivity (Wildman–Crippen MR) is 96.2 cm³/mol. The Morgan fingerprint density at radius 1 is 0.840 bits per heavy atom. The van der Waals surface area contributed by atoms with Crippen LogP contribution in [-0.4, -0.2) is 21.7 Å². The standard InChI is InChI=1S/C19H16N4O2/c1-13(24)14-6-5-9-17(10-14)22-18(25)15-11-20-19(21-12-15)23-16-7-3-2-4-8-16/h2-12H,1H3,(H,22,25)(H,20,21,23). The minimum atomic E-state index is -0.341. The van der Waals surface area contributed by atoms with E-state index in [0.29, 0.717) is 22.8 Å². The van der Waals surface area contributed by atoms with Gasteiger partial charge in [-0.25, -0.2) is 9.97 Å². The fourth-order valence-electron chi connectivity index (χ4n) is 2.18. The van der Waals surface area contributed by atoms with E-state index in [1.807, 2.05) is 30.3 Å². The summed E-state index contributed by atoms with van der Waals surface area (Å²) < 4.78 is 0. The van der Waals surface area contributed by atoms with E-state index in [2.05, 4.69) is 20.6 Å². The van der Waals surface area contributed by atoms with Gasteiger partial charge in [0.2, 0.25) is 5.95 Å². The Labute approximate surface area is 145 Å². The second kappa shape index (κ2) is 7.35. The molecule has 0 bridgehead atoms. The molecule has 0 aliphatic carbocycles. The molecule has 1 aromatic heterocycles. The Bertz CT molecular complexity index is 893. The van der Waals surface area contributed by atoms with Gasteiger partial charge in [0.05, 0.1) is 5.56 Å². The fraction of sp³-hybridized carbons (Fsp3) is 0.0526. The molecule has 3 rings (SSSR count). The zero-order chi connectivity index (χ0) is 17.6. The van der Waals surface area contributed by atoms with Crippen LogP contribution in [0.4, 0.5) is 17.3 Å². The molecule has 1 heterocycles. The summed E-state index contributed by atoms with van der Waals surface area (Å²) in [6.07, 6.45) is 2.89. The zero-order valence-electron chi connectivity index (χ0n) is 13.6. The SMILES string of the molecule is CC(=O)c1cccc(NC(=O)c2cnc(Nc3ccccc3)nc2)c1. The summed E-state index contributed by atoms with van der Waals surface area (Å²) in [4.78, 5) is 32.0. The number of aromatic nitrogens is 2. The largest absolute Gasteiger partial charge is 0.324 e. The highest BCUT2D eigenvalue weighted by Crippen LogP contribution is 2.14. The van der Waals surface area contributed by atoms with E-state index in [0.717, 1.165) is 5.69 Å². The highest BCUT2D eigenvalue weighted by molar-refractivity contribution is 6.04. The maximum absolute atomic E-state index is 12.3. The van der Waals surface area contributed by atoms with Gasteiger partial charge in [0, 0.05) is 29.3 Å². The summed E-state index contributed by atoms with van der Waals surface area (Å²) in [6.45, 7) is 1.48. The Hall–Kier alpha value is -3.54. The molecule has 0 spiro atoms. The number of amides is 1. The molecule has 0 atom stereocenters. The topological polar surface area (TPSA) is 84.0 Å². The molecule has 2 N–H and O–H groups in total. The van der Waals surface area contributed by atoms with E-state index in [1.165, 1.54) is 19.3 Å². The third-order valence-electron chi connectivity index (χ3n) is 3.47. The van der Waals surface area contributed by atoms with Crippen LogP contribution in [0.3, 0.4) is 0 Å². The van der Waals surface area contributed by atoms with Crippen molar-refractivity contribution in [1.29, 1.82) is 0 Å². The quantitative estimate of drug-likeness (QED) is 0.696. The number of Topliss-reactive ketones (excluding diaryl/α,β-unsaturated/α-hetero) is 1. The molecule has 0 radical (unpaired) electrons. The minimum Gasteiger partial charge on any atom is -0.324 e. The molecule has 0 aliphatic heterocycles. The van der Waals surface area contributed by atoms with Crippen LogP contribution in [0.15, 0.2) is 67.0 Å². The average Bonchev–Trinajstić information content (AvgIpc) is 2.63. The number of nitrogens with one attached hydrogen (secondary N) is 2. The molecule has 0 unspecified atom stereocenters. The van der Waals surface area contributed by atoms with E-state index in [9.17, 15) is 9.59 Å². The Morgan fingerprint density at radius 2 is 1.52 bits per heavy atom. The smallest absolute Gasteiger partial charge is 0.258 e. The van der Waals surface area contributed by atoms with E-state index in [-0.39, 0.29) is 11.7 Å². The summed E-state index contributed by atoms with van der Waals surface area (Å²) in [5.74, 6) is 0.00376. The Balaban J connectivity index is 1.68. The lowest BCUT2D eigenvalue weighted by Gasteiger charge is -2.07. The maximum Gasteiger partial charge on any atom is 0.258 e. The monoisotopic (exact) mass is 332 g/mol. The van der Waals surface area contributed by atoms with Crippen LogP contribution in [-0.2, 0) is 0 Å². The number of benzene rings is 2. The van der Waals surface area contributed by atoms with Crippen LogP contribution < -0.4 is 10.6 Å². The molecule has 0 saturated heterocycles. The molecule has 0 aliphatic rings. The van der Waals surface area contributed by atoms with Crippen molar-refractivity contribution in [2.24, 2.45) is 0 Å². The highest BCUT2D eigenvalue weighted by atomic mass is 16.1. The van der Waals surface area contributed by atoms with Crippen molar-refractivity contribution in [2.75, 3.05) is 10.6 Å². The molecule has 6 nitrogen and oxygen atoms in total. The normalized spacial score (nSPS) is 10.1. The van der Waals surface area contributed by atoms with E-state index < -0.39 is 0 Å². The van der Waals surface area contributed by atoms with Gasteiger partial charge in [-0.05, 0) is 31.2 Å². The van der Waals surface area contributed by atoms with Crippen molar-refractivity contribution < 1.29 is 9.59 Å². The van der Waals surface area contributed by atoms with Gasteiger partial charge in [-0.15, -0.1) is 0 Å². The molecule has 3 aromatic rings. The summed E-state index contributed by atoms with van der Waals surface area (Å²) in [6, 6.07) is 16.3. The third-order valence-corrected chi connectivity index (χ3v) is 3.47. The lowest BCUT2D eigenvalue weighted by atomic mass is 10.1. The molecular formula is C19H16N4O2. The summed E-state index contributed by atoms with van der Waals surface area (Å²) in [7, 11) is 0. The first-order chi connectivity index (χ1) is 12.1. The zero-order valence-corrected chi connectivity index (χ0v) is 13.6. The number of nitrogens with zero attached hydrogens (tertiary/aromatic N) is 2. The molecule has 0 fully saturated rings. The summed E-state index contributed by atoms with van der Waals surface area (Å²) in [5.41, 5.74) is 2.27. The molecule has 124 valence electrons. The number of hydrogen-bond acceptors (Lipinski definition) is 5. The van der Waals surface area contributed by atoms with E-state index in [1.54, 1.807) is 24.3 Å². The Morgan fingerprint density at radius 3 is 2.20 bits per heavy atom. The third kappa shape index (κ3) is 4.26. The molecular weight excluding hydrogens is 316 g/mol. The van der Waals surface area contributed by atoms with E-state index in [4.69, 9.17) is 0 Å². The number of carbonyl (C=O) groups is 2. The second-order valence-electron chi connectivity index (χ2n) is 5.38. The molecule has 1 amide bonds. The first kappa shape index (κ1) is 16.3. The molecule has 25 heavy (non-hydrogen) atoms. The predicted octanol–water partition coefficient (Wildman–Crippen LogP) is 3.68. The van der Waals surface area contributed by atoms with Crippen molar-refractivity contribution >= 4 is 29.0 Å². The van der Waals surface area contributed by atoms with Gasteiger partial charge >= 0.3 is 0 Å². The van der Waals surface area contributed by atoms with Crippen molar-refractivity contribution in [1.82, 2.24) is 9.97 Å². The van der Waals surface area contributed by atoms with Crippen molar-refractivity contribution in [2.45, 2.75) is 6.92 Å². The van der Waals surface area contributed by atoms with Gasteiger partial charge in [-0.1, -0.05) is 30.3 Å². The number of hydrogen-bond donors (Lipinski definition) is 2. The van der Waals surface area contributed by atoms with Crippen molar-refractivity contribution in [3.05, 3.63) is 78.1 Å². The van der Waals surface area contributed by atoms with Crippen molar-refractivity contribution in [3.8, 4) is 0 Å². The van der Waals surface area contributed by atoms with Gasteiger partial charge < -0.3 is 10.6 Å². The lowest BCUT2D eigenvalue weighted by Crippen LogP contribution is -2.13. The van der Waals surface area contributed by atoms with Gasteiger partial charge in [-0.3, -0.25) is 9.59 Å². The van der Waals surface area contributed by atoms with Crippen LogP contribution >= 0.6 is 0 Å². The second-order valence-corrected chi connectivity index (χ2v) is 5.38. The average molecular weight is 332 g/mol. The number of anilines is 3. The summed E-state index contributed by atoms with van der Waals surface area (Å²) in [5, 5.41) is 5.78. The van der Waals surface area contributed by atoms with Gasteiger partial charge in [-0.2, -0.15) is 0 Å². The van der Waals surface area contributed by atoms with E-state index >= 15 is 0 Å². The maximum atomic E-state index is 12.3. The molecule has 6 heteroatoms. The number of rotatable bonds is 5. The number of para-hydroxylation sites is 1. The number of carbonyl (C=O) groups excluding carboxylic acids is 2. The highest BCUT2D eigenvalue weighted by Gasteiger charge is 2.09. The first-order valence-electron chi connectivity index (χ1n) is 7.68. The van der Waals surface area contributed by atoms with Crippen molar-refractivity contribution in [3.63, 3.8) is 0 Å². The van der Waals surface area contributed by atoms with Crippen LogP contribution in [0.1, 0.15) is 27.6 Å². The van der Waals surface area contributed by atoms with Crippen LogP contribution in [0.2, 0.25) is 0 Å². The van der Waals surface area contributed by atoms with Crippen LogP contribution in [0.5, 0.6) is 0 Å². The summed E-state index contributed by atoms with van der Waals surface area (Å²) >= 11 is 0. The molecule has 0 saturated carbocycles. The molecule has 2 aromatic carbocycles. The van der Waals surface area contributed by atoms with Gasteiger partial charge in [0.25, 0.3) is 5.91 Å². The lowest BCUT2D eigenvalue weighted by molar-refractivity contribution is 0.101.